The Morgan fingerprint density at radius 2 is 1.75 bits per heavy atom. The van der Waals surface area contributed by atoms with Crippen LogP contribution in [0.2, 0.25) is 0 Å². The Morgan fingerprint density at radius 1 is 1.00 bits per heavy atom. The molecule has 0 fully saturated rings. The molecule has 4 nitrogen and oxygen atoms in total. The van der Waals surface area contributed by atoms with E-state index >= 15 is 0 Å². The molecule has 5 heteroatoms. The largest absolute Gasteiger partial charge is 0.330 e. The molecule has 0 spiro atoms. The Bertz CT molecular complexity index is 680. The lowest BCUT2D eigenvalue weighted by molar-refractivity contribution is 0.986. The number of nitrogens with two attached hydrogens (primary N) is 1. The minimum atomic E-state index is 0.608. The van der Waals surface area contributed by atoms with Crippen LogP contribution in [-0.2, 0) is 6.42 Å². The van der Waals surface area contributed by atoms with Crippen LogP contribution < -0.4 is 5.73 Å². The van der Waals surface area contributed by atoms with Gasteiger partial charge in [0.1, 0.15) is 0 Å². The van der Waals surface area contributed by atoms with Crippen LogP contribution in [0.15, 0.2) is 48.8 Å². The number of hydrogen-bond acceptors (Lipinski definition) is 5. The van der Waals surface area contributed by atoms with Gasteiger partial charge in [0.15, 0.2) is 10.8 Å². The average molecular weight is 282 g/mol. The molecule has 3 aromatic rings. The van der Waals surface area contributed by atoms with E-state index in [1.54, 1.807) is 29.8 Å². The van der Waals surface area contributed by atoms with Crippen molar-refractivity contribution in [3.8, 4) is 22.1 Å². The minimum absolute atomic E-state index is 0.608. The third-order valence-electron chi connectivity index (χ3n) is 2.87. The zero-order valence-electron chi connectivity index (χ0n) is 10.9. The van der Waals surface area contributed by atoms with Crippen molar-refractivity contribution in [1.82, 2.24) is 15.0 Å². The van der Waals surface area contributed by atoms with Crippen LogP contribution in [0.3, 0.4) is 0 Å². The van der Waals surface area contributed by atoms with Gasteiger partial charge in [-0.05, 0) is 19.0 Å². The molecule has 0 amide bonds. The molecule has 2 heterocycles. The summed E-state index contributed by atoms with van der Waals surface area (Å²) in [6.07, 6.45) is 4.28. The molecule has 0 aliphatic rings. The molecular weight excluding hydrogens is 268 g/mol. The molecule has 2 aromatic heterocycles. The second kappa shape index (κ2) is 5.90. The molecule has 20 heavy (non-hydrogen) atoms. The summed E-state index contributed by atoms with van der Waals surface area (Å²) in [5, 5.41) is 0.841. The van der Waals surface area contributed by atoms with E-state index in [9.17, 15) is 0 Å². The van der Waals surface area contributed by atoms with Crippen molar-refractivity contribution in [1.29, 1.82) is 0 Å². The van der Waals surface area contributed by atoms with Crippen molar-refractivity contribution < 1.29 is 0 Å². The standard InChI is InChI=1S/C15H14N4S/c16-8-7-12-13(11-5-2-1-3-6-11)19-15(20-12)14-17-9-4-10-18-14/h1-6,9-10H,7-8,16H2. The quantitative estimate of drug-likeness (QED) is 0.799. The molecule has 0 bridgehead atoms. The summed E-state index contributed by atoms with van der Waals surface area (Å²) in [4.78, 5) is 14.4. The summed E-state index contributed by atoms with van der Waals surface area (Å²) in [5.41, 5.74) is 7.80. The van der Waals surface area contributed by atoms with Crippen LogP contribution in [-0.4, -0.2) is 21.5 Å². The highest BCUT2D eigenvalue weighted by Crippen LogP contribution is 2.32. The van der Waals surface area contributed by atoms with Gasteiger partial charge in [0.25, 0.3) is 0 Å². The molecule has 0 saturated heterocycles. The molecule has 3 rings (SSSR count). The van der Waals surface area contributed by atoms with Gasteiger partial charge in [0.05, 0.1) is 5.69 Å². The molecule has 2 N–H and O–H groups in total. The van der Waals surface area contributed by atoms with Gasteiger partial charge >= 0.3 is 0 Å². The predicted octanol–water partition coefficient (Wildman–Crippen LogP) is 2.77. The van der Waals surface area contributed by atoms with E-state index in [2.05, 4.69) is 22.1 Å². The Labute approximate surface area is 121 Å². The van der Waals surface area contributed by atoms with Crippen molar-refractivity contribution in [3.63, 3.8) is 0 Å². The summed E-state index contributed by atoms with van der Waals surface area (Å²) in [7, 11) is 0. The first kappa shape index (κ1) is 12.9. The van der Waals surface area contributed by atoms with Crippen LogP contribution in [0, 0.1) is 0 Å². The normalized spacial score (nSPS) is 10.7. The molecule has 0 radical (unpaired) electrons. The molecule has 0 aliphatic carbocycles. The highest BCUT2D eigenvalue weighted by Gasteiger charge is 2.14. The van der Waals surface area contributed by atoms with Gasteiger partial charge in [-0.1, -0.05) is 30.3 Å². The molecule has 0 saturated carbocycles. The van der Waals surface area contributed by atoms with Gasteiger partial charge in [0, 0.05) is 22.8 Å². The van der Waals surface area contributed by atoms with Gasteiger partial charge in [-0.3, -0.25) is 0 Å². The fraction of sp³-hybridized carbons (Fsp3) is 0.133. The lowest BCUT2D eigenvalue weighted by Crippen LogP contribution is -2.02. The van der Waals surface area contributed by atoms with Crippen LogP contribution in [0.5, 0.6) is 0 Å². The lowest BCUT2D eigenvalue weighted by Gasteiger charge is -2.00. The fourth-order valence-corrected chi connectivity index (χ4v) is 3.03. The van der Waals surface area contributed by atoms with E-state index in [4.69, 9.17) is 10.7 Å². The van der Waals surface area contributed by atoms with E-state index in [1.807, 2.05) is 18.2 Å². The first-order valence-electron chi connectivity index (χ1n) is 6.41. The highest BCUT2D eigenvalue weighted by molar-refractivity contribution is 7.15. The smallest absolute Gasteiger partial charge is 0.188 e. The Hall–Kier alpha value is -2.11. The predicted molar refractivity (Wildman–Crippen MR) is 81.3 cm³/mol. The van der Waals surface area contributed by atoms with Crippen LogP contribution in [0.1, 0.15) is 4.88 Å². The first-order valence-corrected chi connectivity index (χ1v) is 7.22. The van der Waals surface area contributed by atoms with Crippen molar-refractivity contribution in [3.05, 3.63) is 53.7 Å². The topological polar surface area (TPSA) is 64.7 Å². The van der Waals surface area contributed by atoms with Crippen molar-refractivity contribution >= 4 is 11.3 Å². The fourth-order valence-electron chi connectivity index (χ4n) is 1.98. The molecule has 0 unspecified atom stereocenters. The summed E-state index contributed by atoms with van der Waals surface area (Å²) >= 11 is 1.62. The monoisotopic (exact) mass is 282 g/mol. The van der Waals surface area contributed by atoms with Crippen molar-refractivity contribution in [2.45, 2.75) is 6.42 Å². The second-order valence-electron chi connectivity index (χ2n) is 4.27. The van der Waals surface area contributed by atoms with Gasteiger partial charge in [-0.2, -0.15) is 0 Å². The third-order valence-corrected chi connectivity index (χ3v) is 3.98. The molecule has 100 valence electrons. The maximum absolute atomic E-state index is 5.70. The van der Waals surface area contributed by atoms with Gasteiger partial charge in [-0.15, -0.1) is 11.3 Å². The number of rotatable bonds is 4. The SMILES string of the molecule is NCCc1sc(-c2ncccn2)nc1-c1ccccc1. The van der Waals surface area contributed by atoms with E-state index in [1.165, 1.54) is 4.88 Å². The highest BCUT2D eigenvalue weighted by atomic mass is 32.1. The number of thiazole rings is 1. The Kier molecular flexibility index (Phi) is 3.80. The Balaban J connectivity index is 2.08. The average Bonchev–Trinajstić information content (AvgIpc) is 2.94. The van der Waals surface area contributed by atoms with Crippen LogP contribution in [0.4, 0.5) is 0 Å². The number of hydrogen-bond donors (Lipinski definition) is 1. The third kappa shape index (κ3) is 2.59. The minimum Gasteiger partial charge on any atom is -0.330 e. The zero-order valence-corrected chi connectivity index (χ0v) is 11.7. The van der Waals surface area contributed by atoms with Crippen LogP contribution in [0.25, 0.3) is 22.1 Å². The van der Waals surface area contributed by atoms with E-state index in [0.717, 1.165) is 22.7 Å². The number of nitrogens with zero attached hydrogens (tertiary/aromatic N) is 3. The van der Waals surface area contributed by atoms with Crippen molar-refractivity contribution in [2.24, 2.45) is 5.73 Å². The summed E-state index contributed by atoms with van der Waals surface area (Å²) < 4.78 is 0. The number of benzene rings is 1. The summed E-state index contributed by atoms with van der Waals surface area (Å²) in [5.74, 6) is 0.665. The summed E-state index contributed by atoms with van der Waals surface area (Å²) in [6.45, 7) is 0.608. The first-order chi connectivity index (χ1) is 9.88. The maximum Gasteiger partial charge on any atom is 0.188 e. The van der Waals surface area contributed by atoms with Crippen LogP contribution >= 0.6 is 11.3 Å². The number of aromatic nitrogens is 3. The Morgan fingerprint density at radius 3 is 2.45 bits per heavy atom. The van der Waals surface area contributed by atoms with E-state index in [-0.39, 0.29) is 0 Å². The van der Waals surface area contributed by atoms with Gasteiger partial charge in [0.2, 0.25) is 0 Å². The molecule has 1 aromatic carbocycles. The van der Waals surface area contributed by atoms with Gasteiger partial charge in [-0.25, -0.2) is 15.0 Å². The van der Waals surface area contributed by atoms with E-state index < -0.39 is 0 Å². The molecule has 0 atom stereocenters. The van der Waals surface area contributed by atoms with E-state index in [0.29, 0.717) is 12.4 Å². The second-order valence-corrected chi connectivity index (χ2v) is 5.35. The molecule has 0 aliphatic heterocycles. The van der Waals surface area contributed by atoms with Gasteiger partial charge < -0.3 is 5.73 Å². The zero-order chi connectivity index (χ0) is 13.8. The lowest BCUT2D eigenvalue weighted by atomic mass is 10.1. The maximum atomic E-state index is 5.70. The molecular formula is C15H14N4S. The summed E-state index contributed by atoms with van der Waals surface area (Å²) in [6, 6.07) is 11.9. The van der Waals surface area contributed by atoms with Crippen molar-refractivity contribution in [2.75, 3.05) is 6.54 Å².